The Morgan fingerprint density at radius 1 is 1.50 bits per heavy atom. The number of benzene rings is 1. The number of aromatic hydroxyl groups is 1. The van der Waals surface area contributed by atoms with Crippen LogP contribution in [0, 0.1) is 5.82 Å². The molecular weight excluding hydrogens is 164 g/mol. The molecule has 0 unspecified atom stereocenters. The van der Waals surface area contributed by atoms with Gasteiger partial charge in [0.1, 0.15) is 6.67 Å². The van der Waals surface area contributed by atoms with Crippen molar-refractivity contribution in [3.63, 3.8) is 0 Å². The molecule has 2 nitrogen and oxygen atoms in total. The molecule has 0 fully saturated rings. The fourth-order valence-corrected chi connectivity index (χ4v) is 0.914. The van der Waals surface area contributed by atoms with E-state index in [2.05, 4.69) is 0 Å². The number of phenols is 1. The molecule has 3 N–H and O–H groups in total. The second kappa shape index (κ2) is 3.49. The summed E-state index contributed by atoms with van der Waals surface area (Å²) in [5.41, 5.74) is 5.36. The third-order valence-electron chi connectivity index (χ3n) is 1.58. The number of hydrogen-bond acceptors (Lipinski definition) is 2. The van der Waals surface area contributed by atoms with Crippen molar-refractivity contribution >= 4 is 0 Å². The maximum absolute atomic E-state index is 12.6. The van der Waals surface area contributed by atoms with Gasteiger partial charge in [0.2, 0.25) is 0 Å². The number of halogens is 2. The molecule has 12 heavy (non-hydrogen) atoms. The normalized spacial score (nSPS) is 12.9. The first kappa shape index (κ1) is 8.93. The zero-order valence-electron chi connectivity index (χ0n) is 6.30. The van der Waals surface area contributed by atoms with Gasteiger partial charge in [0.25, 0.3) is 0 Å². The molecule has 0 radical (unpaired) electrons. The smallest absolute Gasteiger partial charge is 0.165 e. The van der Waals surface area contributed by atoms with Gasteiger partial charge in [-0.25, -0.2) is 8.78 Å². The van der Waals surface area contributed by atoms with Crippen molar-refractivity contribution in [2.24, 2.45) is 5.73 Å². The van der Waals surface area contributed by atoms with Crippen LogP contribution in [-0.4, -0.2) is 11.8 Å². The lowest BCUT2D eigenvalue weighted by Crippen LogP contribution is -2.12. The molecule has 0 spiro atoms. The van der Waals surface area contributed by atoms with E-state index in [4.69, 9.17) is 10.8 Å². The zero-order valence-corrected chi connectivity index (χ0v) is 6.30. The van der Waals surface area contributed by atoms with Gasteiger partial charge < -0.3 is 10.8 Å². The van der Waals surface area contributed by atoms with Gasteiger partial charge in [-0.1, -0.05) is 12.1 Å². The molecule has 0 bridgehead atoms. The topological polar surface area (TPSA) is 46.2 Å². The first-order valence-corrected chi connectivity index (χ1v) is 3.45. The molecule has 0 aliphatic carbocycles. The van der Waals surface area contributed by atoms with E-state index in [9.17, 15) is 8.78 Å². The number of phenolic OH excluding ortho intramolecular Hbond substituents is 1. The summed E-state index contributed by atoms with van der Waals surface area (Å²) in [6.45, 7) is -0.822. The molecule has 4 heteroatoms. The summed E-state index contributed by atoms with van der Waals surface area (Å²) < 4.78 is 24.7. The molecular formula is C8H9F2NO. The lowest BCUT2D eigenvalue weighted by molar-refractivity contribution is 0.396. The van der Waals surface area contributed by atoms with E-state index in [1.54, 1.807) is 0 Å². The predicted molar refractivity (Wildman–Crippen MR) is 41.0 cm³/mol. The summed E-state index contributed by atoms with van der Waals surface area (Å²) in [5.74, 6) is -1.35. The first-order chi connectivity index (χ1) is 5.66. The Kier molecular flexibility index (Phi) is 2.60. The van der Waals surface area contributed by atoms with E-state index in [1.807, 2.05) is 0 Å². The van der Waals surface area contributed by atoms with Crippen molar-refractivity contribution in [1.82, 2.24) is 0 Å². The molecule has 0 saturated heterocycles. The molecule has 0 saturated carbocycles. The van der Waals surface area contributed by atoms with Crippen LogP contribution in [0.1, 0.15) is 11.6 Å². The highest BCUT2D eigenvalue weighted by molar-refractivity contribution is 5.35. The van der Waals surface area contributed by atoms with Crippen LogP contribution in [0.4, 0.5) is 8.78 Å². The number of alkyl halides is 1. The Bertz CT molecular complexity index is 278. The highest BCUT2D eigenvalue weighted by Gasteiger charge is 2.12. The third-order valence-corrected chi connectivity index (χ3v) is 1.58. The lowest BCUT2D eigenvalue weighted by Gasteiger charge is -2.09. The molecule has 0 aliphatic rings. The fraction of sp³-hybridized carbons (Fsp3) is 0.250. The highest BCUT2D eigenvalue weighted by Crippen LogP contribution is 2.25. The second-order valence-electron chi connectivity index (χ2n) is 2.44. The second-order valence-corrected chi connectivity index (χ2v) is 2.44. The summed E-state index contributed by atoms with van der Waals surface area (Å²) >= 11 is 0. The average molecular weight is 173 g/mol. The Morgan fingerprint density at radius 2 is 2.17 bits per heavy atom. The minimum absolute atomic E-state index is 0.0949. The summed E-state index contributed by atoms with van der Waals surface area (Å²) in [6.07, 6.45) is 0. The molecule has 66 valence electrons. The van der Waals surface area contributed by atoms with E-state index < -0.39 is 24.3 Å². The van der Waals surface area contributed by atoms with E-state index >= 15 is 0 Å². The van der Waals surface area contributed by atoms with Crippen molar-refractivity contribution < 1.29 is 13.9 Å². The van der Waals surface area contributed by atoms with Gasteiger partial charge in [0, 0.05) is 5.56 Å². The third kappa shape index (κ3) is 1.53. The Labute approximate surface area is 68.6 Å². The SMILES string of the molecule is N[C@H](CF)c1cccc(F)c1O. The summed E-state index contributed by atoms with van der Waals surface area (Å²) in [7, 11) is 0. The molecule has 1 aromatic rings. The maximum Gasteiger partial charge on any atom is 0.165 e. The highest BCUT2D eigenvalue weighted by atomic mass is 19.1. The van der Waals surface area contributed by atoms with Gasteiger partial charge in [0.05, 0.1) is 6.04 Å². The summed E-state index contributed by atoms with van der Waals surface area (Å²) in [5, 5.41) is 9.08. The minimum atomic E-state index is -0.958. The van der Waals surface area contributed by atoms with Crippen LogP contribution in [0.15, 0.2) is 18.2 Å². The minimum Gasteiger partial charge on any atom is -0.505 e. The largest absolute Gasteiger partial charge is 0.505 e. The van der Waals surface area contributed by atoms with Gasteiger partial charge in [-0.15, -0.1) is 0 Å². The van der Waals surface area contributed by atoms with Crippen molar-refractivity contribution in [3.8, 4) is 5.75 Å². The number of hydrogen-bond donors (Lipinski definition) is 2. The van der Waals surface area contributed by atoms with Crippen LogP contribution >= 0.6 is 0 Å². The molecule has 1 aromatic carbocycles. The van der Waals surface area contributed by atoms with Crippen molar-refractivity contribution in [2.45, 2.75) is 6.04 Å². The van der Waals surface area contributed by atoms with Crippen LogP contribution < -0.4 is 5.73 Å². The monoisotopic (exact) mass is 173 g/mol. The zero-order chi connectivity index (χ0) is 9.14. The number of rotatable bonds is 2. The molecule has 0 aromatic heterocycles. The molecule has 1 atom stereocenters. The molecule has 0 heterocycles. The molecule has 1 rings (SSSR count). The van der Waals surface area contributed by atoms with Crippen molar-refractivity contribution in [3.05, 3.63) is 29.6 Å². The quantitative estimate of drug-likeness (QED) is 0.711. The maximum atomic E-state index is 12.6. The lowest BCUT2D eigenvalue weighted by atomic mass is 10.1. The predicted octanol–water partition coefficient (Wildman–Crippen LogP) is 1.50. The van der Waals surface area contributed by atoms with Gasteiger partial charge in [-0.05, 0) is 6.07 Å². The van der Waals surface area contributed by atoms with Crippen molar-refractivity contribution in [1.29, 1.82) is 0 Å². The van der Waals surface area contributed by atoms with Crippen LogP contribution in [0.25, 0.3) is 0 Å². The number of para-hydroxylation sites is 1. The van der Waals surface area contributed by atoms with E-state index in [0.717, 1.165) is 6.07 Å². The average Bonchev–Trinajstić information content (AvgIpc) is 2.08. The van der Waals surface area contributed by atoms with Gasteiger partial charge in [-0.2, -0.15) is 0 Å². The van der Waals surface area contributed by atoms with Crippen LogP contribution in [-0.2, 0) is 0 Å². The standard InChI is InChI=1S/C8H9F2NO/c9-4-7(11)5-2-1-3-6(10)8(5)12/h1-3,7,12H,4,11H2/t7-/m1/s1. The fourth-order valence-electron chi connectivity index (χ4n) is 0.914. The molecule has 0 amide bonds. The van der Waals surface area contributed by atoms with Crippen LogP contribution in [0.3, 0.4) is 0 Å². The van der Waals surface area contributed by atoms with Gasteiger partial charge in [-0.3, -0.25) is 0 Å². The van der Waals surface area contributed by atoms with E-state index in [-0.39, 0.29) is 5.56 Å². The van der Waals surface area contributed by atoms with E-state index in [1.165, 1.54) is 12.1 Å². The van der Waals surface area contributed by atoms with Crippen molar-refractivity contribution in [2.75, 3.05) is 6.67 Å². The van der Waals surface area contributed by atoms with Gasteiger partial charge >= 0.3 is 0 Å². The summed E-state index contributed by atoms with van der Waals surface area (Å²) in [4.78, 5) is 0. The Hall–Kier alpha value is -1.16. The Morgan fingerprint density at radius 3 is 2.75 bits per heavy atom. The van der Waals surface area contributed by atoms with Gasteiger partial charge in [0.15, 0.2) is 11.6 Å². The van der Waals surface area contributed by atoms with E-state index in [0.29, 0.717) is 0 Å². The summed E-state index contributed by atoms with van der Waals surface area (Å²) in [6, 6.07) is 2.90. The van der Waals surface area contributed by atoms with Crippen LogP contribution in [0.5, 0.6) is 5.75 Å². The number of nitrogens with two attached hydrogens (primary N) is 1. The molecule has 0 aliphatic heterocycles. The first-order valence-electron chi connectivity index (χ1n) is 3.45. The van der Waals surface area contributed by atoms with Crippen LogP contribution in [0.2, 0.25) is 0 Å². The Balaban J connectivity index is 3.07.